The summed E-state index contributed by atoms with van der Waals surface area (Å²) >= 11 is 0. The lowest BCUT2D eigenvalue weighted by Crippen LogP contribution is -2.31. The van der Waals surface area contributed by atoms with E-state index in [1.807, 2.05) is 42.3 Å². The first-order chi connectivity index (χ1) is 12.5. The van der Waals surface area contributed by atoms with Gasteiger partial charge in [0.15, 0.2) is 0 Å². The third-order valence-electron chi connectivity index (χ3n) is 3.61. The molecule has 2 aromatic carbocycles. The molecule has 0 unspecified atom stereocenters. The van der Waals surface area contributed by atoms with Crippen molar-refractivity contribution in [1.82, 2.24) is 5.32 Å². The molecule has 0 spiro atoms. The molecule has 2 N–H and O–H groups in total. The SMILES string of the molecule is COC(=O)CNC(=O)c1cccc(NC(=O)CN(C)c2ccccc2)c1. The first-order valence-electron chi connectivity index (χ1n) is 8.00. The summed E-state index contributed by atoms with van der Waals surface area (Å²) < 4.78 is 4.47. The molecule has 0 heterocycles. The van der Waals surface area contributed by atoms with Crippen LogP contribution in [0.5, 0.6) is 0 Å². The van der Waals surface area contributed by atoms with E-state index in [1.54, 1.807) is 24.3 Å². The van der Waals surface area contributed by atoms with E-state index in [2.05, 4.69) is 15.4 Å². The molecule has 0 radical (unpaired) electrons. The first kappa shape index (κ1) is 19.0. The third kappa shape index (κ3) is 5.62. The number of carbonyl (C=O) groups excluding carboxylic acids is 3. The summed E-state index contributed by atoms with van der Waals surface area (Å²) in [4.78, 5) is 37.1. The number of hydrogen-bond donors (Lipinski definition) is 2. The highest BCUT2D eigenvalue weighted by molar-refractivity contribution is 5.99. The average molecular weight is 355 g/mol. The standard InChI is InChI=1S/C19H21N3O4/c1-22(16-9-4-3-5-10-16)13-17(23)21-15-8-6-7-14(11-15)19(25)20-12-18(24)26-2/h3-11H,12-13H2,1-2H3,(H,20,25)(H,21,23). The average Bonchev–Trinajstić information content (AvgIpc) is 2.66. The number of esters is 1. The third-order valence-corrected chi connectivity index (χ3v) is 3.61. The van der Waals surface area contributed by atoms with E-state index in [1.165, 1.54) is 7.11 Å². The van der Waals surface area contributed by atoms with Crippen molar-refractivity contribution in [2.75, 3.05) is 37.5 Å². The van der Waals surface area contributed by atoms with Gasteiger partial charge in [-0.2, -0.15) is 0 Å². The summed E-state index contributed by atoms with van der Waals surface area (Å²) in [6.07, 6.45) is 0. The molecule has 0 atom stereocenters. The number of anilines is 2. The Balaban J connectivity index is 1.94. The van der Waals surface area contributed by atoms with Crippen molar-refractivity contribution >= 4 is 29.2 Å². The maximum absolute atomic E-state index is 12.2. The largest absolute Gasteiger partial charge is 0.468 e. The van der Waals surface area contributed by atoms with Gasteiger partial charge in [0.05, 0.1) is 13.7 Å². The predicted octanol–water partition coefficient (Wildman–Crippen LogP) is 1.66. The Morgan fingerprint density at radius 3 is 2.46 bits per heavy atom. The zero-order valence-electron chi connectivity index (χ0n) is 14.7. The minimum Gasteiger partial charge on any atom is -0.468 e. The smallest absolute Gasteiger partial charge is 0.325 e. The topological polar surface area (TPSA) is 87.7 Å². The molecule has 0 aliphatic carbocycles. The second-order valence-corrected chi connectivity index (χ2v) is 5.58. The van der Waals surface area contributed by atoms with Crippen LogP contribution in [0.1, 0.15) is 10.4 Å². The quantitative estimate of drug-likeness (QED) is 0.738. The minimum atomic E-state index is -0.535. The maximum Gasteiger partial charge on any atom is 0.325 e. The Bertz CT molecular complexity index is 777. The van der Waals surface area contributed by atoms with Gasteiger partial charge in [0.2, 0.25) is 5.91 Å². The fourth-order valence-corrected chi connectivity index (χ4v) is 2.25. The monoisotopic (exact) mass is 355 g/mol. The number of nitrogens with zero attached hydrogens (tertiary/aromatic N) is 1. The Kier molecular flexibility index (Phi) is 6.73. The number of likely N-dealkylation sites (N-methyl/N-ethyl adjacent to an activating group) is 1. The number of carbonyl (C=O) groups is 3. The molecule has 2 aromatic rings. The number of hydrogen-bond acceptors (Lipinski definition) is 5. The lowest BCUT2D eigenvalue weighted by Gasteiger charge is -2.18. The maximum atomic E-state index is 12.2. The van der Waals surface area contributed by atoms with Crippen molar-refractivity contribution in [2.45, 2.75) is 0 Å². The lowest BCUT2D eigenvalue weighted by atomic mass is 10.2. The van der Waals surface area contributed by atoms with Crippen molar-refractivity contribution in [3.63, 3.8) is 0 Å². The van der Waals surface area contributed by atoms with Crippen LogP contribution in [-0.2, 0) is 14.3 Å². The van der Waals surface area contributed by atoms with Crippen LogP contribution in [0.25, 0.3) is 0 Å². The normalized spacial score (nSPS) is 9.92. The minimum absolute atomic E-state index is 0.169. The molecule has 26 heavy (non-hydrogen) atoms. The molecule has 0 aliphatic rings. The van der Waals surface area contributed by atoms with E-state index in [0.29, 0.717) is 11.3 Å². The van der Waals surface area contributed by atoms with E-state index in [4.69, 9.17) is 0 Å². The van der Waals surface area contributed by atoms with Crippen LogP contribution in [0.4, 0.5) is 11.4 Å². The molecule has 2 amide bonds. The van der Waals surface area contributed by atoms with E-state index in [9.17, 15) is 14.4 Å². The molecule has 0 fully saturated rings. The van der Waals surface area contributed by atoms with Gasteiger partial charge in [-0.05, 0) is 30.3 Å². The molecule has 0 saturated carbocycles. The number of rotatable bonds is 7. The van der Waals surface area contributed by atoms with Crippen LogP contribution in [0.2, 0.25) is 0 Å². The van der Waals surface area contributed by atoms with Crippen LogP contribution in [0.15, 0.2) is 54.6 Å². The van der Waals surface area contributed by atoms with Gasteiger partial charge in [0.1, 0.15) is 6.54 Å². The fourth-order valence-electron chi connectivity index (χ4n) is 2.25. The number of para-hydroxylation sites is 1. The van der Waals surface area contributed by atoms with E-state index >= 15 is 0 Å². The molecule has 0 saturated heterocycles. The molecular formula is C19H21N3O4. The first-order valence-corrected chi connectivity index (χ1v) is 8.00. The number of nitrogens with one attached hydrogen (secondary N) is 2. The highest BCUT2D eigenvalue weighted by atomic mass is 16.5. The van der Waals surface area contributed by atoms with Crippen molar-refractivity contribution in [2.24, 2.45) is 0 Å². The fraction of sp³-hybridized carbons (Fsp3) is 0.211. The van der Waals surface area contributed by atoms with Gasteiger partial charge in [-0.1, -0.05) is 24.3 Å². The van der Waals surface area contributed by atoms with Gasteiger partial charge < -0.3 is 20.3 Å². The van der Waals surface area contributed by atoms with E-state index in [-0.39, 0.29) is 19.0 Å². The molecule has 0 aromatic heterocycles. The van der Waals surface area contributed by atoms with Gasteiger partial charge in [-0.25, -0.2) is 0 Å². The Hall–Kier alpha value is -3.35. The summed E-state index contributed by atoms with van der Waals surface area (Å²) in [6, 6.07) is 16.0. The van der Waals surface area contributed by atoms with Gasteiger partial charge in [0.25, 0.3) is 5.91 Å². The van der Waals surface area contributed by atoms with Crippen molar-refractivity contribution in [1.29, 1.82) is 0 Å². The molecule has 0 bridgehead atoms. The molecule has 2 rings (SSSR count). The molecule has 7 heteroatoms. The molecule has 136 valence electrons. The highest BCUT2D eigenvalue weighted by Crippen LogP contribution is 2.13. The van der Waals surface area contributed by atoms with E-state index in [0.717, 1.165) is 5.69 Å². The van der Waals surface area contributed by atoms with Gasteiger partial charge in [-0.15, -0.1) is 0 Å². The van der Waals surface area contributed by atoms with Crippen LogP contribution in [0.3, 0.4) is 0 Å². The van der Waals surface area contributed by atoms with Crippen molar-refractivity contribution in [3.8, 4) is 0 Å². The second kappa shape index (κ2) is 9.22. The van der Waals surface area contributed by atoms with Gasteiger partial charge in [-0.3, -0.25) is 14.4 Å². The summed E-state index contributed by atoms with van der Waals surface area (Å²) in [5.41, 5.74) is 1.77. The van der Waals surface area contributed by atoms with Crippen LogP contribution >= 0.6 is 0 Å². The predicted molar refractivity (Wildman–Crippen MR) is 99.1 cm³/mol. The van der Waals surface area contributed by atoms with Gasteiger partial charge in [0, 0.05) is 24.0 Å². The zero-order valence-corrected chi connectivity index (χ0v) is 14.7. The number of ether oxygens (including phenoxy) is 1. The second-order valence-electron chi connectivity index (χ2n) is 5.58. The summed E-state index contributed by atoms with van der Waals surface area (Å²) in [6.45, 7) is -0.0451. The van der Waals surface area contributed by atoms with E-state index < -0.39 is 11.9 Å². The molecule has 0 aliphatic heterocycles. The number of amides is 2. The van der Waals surface area contributed by atoms with Crippen LogP contribution in [-0.4, -0.2) is 45.0 Å². The van der Waals surface area contributed by atoms with Gasteiger partial charge >= 0.3 is 5.97 Å². The van der Waals surface area contributed by atoms with Crippen molar-refractivity contribution < 1.29 is 19.1 Å². The van der Waals surface area contributed by atoms with Crippen LogP contribution < -0.4 is 15.5 Å². The number of methoxy groups -OCH3 is 1. The Labute approximate surface area is 152 Å². The molecular weight excluding hydrogens is 334 g/mol. The summed E-state index contributed by atoms with van der Waals surface area (Å²) in [5.74, 6) is -1.16. The Morgan fingerprint density at radius 2 is 1.77 bits per heavy atom. The highest BCUT2D eigenvalue weighted by Gasteiger charge is 2.11. The Morgan fingerprint density at radius 1 is 1.04 bits per heavy atom. The summed E-state index contributed by atoms with van der Waals surface area (Å²) in [5, 5.41) is 5.21. The summed E-state index contributed by atoms with van der Waals surface area (Å²) in [7, 11) is 3.07. The van der Waals surface area contributed by atoms with Crippen molar-refractivity contribution in [3.05, 3.63) is 60.2 Å². The zero-order chi connectivity index (χ0) is 18.9. The lowest BCUT2D eigenvalue weighted by molar-refractivity contribution is -0.139. The number of benzene rings is 2. The molecule has 7 nitrogen and oxygen atoms in total. The van der Waals surface area contributed by atoms with Crippen LogP contribution in [0, 0.1) is 0 Å².